The van der Waals surface area contributed by atoms with Crippen LogP contribution in [0.1, 0.15) is 66.7 Å². The molecule has 1 unspecified atom stereocenters. The minimum Gasteiger partial charge on any atom is -0.511 e. The third-order valence-electron chi connectivity index (χ3n) is 10.4. The summed E-state index contributed by atoms with van der Waals surface area (Å²) < 4.78 is 72.4. The Bertz CT molecular complexity index is 2020. The molecular weight excluding hydrogens is 675 g/mol. The molecule has 51 heavy (non-hydrogen) atoms. The van der Waals surface area contributed by atoms with Crippen LogP contribution in [0.25, 0.3) is 0 Å². The number of nitrogens with one attached hydrogen (secondary N) is 1. The Morgan fingerprint density at radius 3 is 2.33 bits per heavy atom. The molecule has 5 aliphatic heterocycles. The maximum Gasteiger partial charge on any atom is 0.456 e. The Kier molecular flexibility index (Phi) is 9.06. The summed E-state index contributed by atoms with van der Waals surface area (Å²) in [7, 11) is 1.30. The molecule has 0 aromatic carbocycles. The van der Waals surface area contributed by atoms with E-state index in [1.165, 1.54) is 13.2 Å². The number of ether oxygens (including phenoxy) is 1. The lowest BCUT2D eigenvalue weighted by atomic mass is 9.86. The molecular formula is C37H37F5N4O5. The minimum absolute atomic E-state index is 0.0597. The van der Waals surface area contributed by atoms with Crippen LogP contribution in [0.3, 0.4) is 0 Å². The van der Waals surface area contributed by atoms with Crippen molar-refractivity contribution in [2.75, 3.05) is 7.11 Å². The standard InChI is InChI=1S/C37H37F5N4O5/c1-7-19-15(2)22-13-27-32(29(48)14-30(49)36(38,39)37(40,41)42)17(4)24(44-27)11-23-16(3)20(8-9-31(50)51-6)34(45-23)21-10-28(47)33-18(5)25(46-35(21)33)12-26(19)43-22/h11-13,16,20,30,45,48-49H,7-10,14H2,1-6H3/b22-13?,23-11?,25-12?,32-29-,34-21?/t16-,20-,30?/m0/s1. The van der Waals surface area contributed by atoms with Crippen LogP contribution in [0.15, 0.2) is 106 Å². The van der Waals surface area contributed by atoms with Gasteiger partial charge in [0.05, 0.1) is 41.3 Å². The number of carbonyl (C=O) groups excluding carboxylic acids is 2. The summed E-state index contributed by atoms with van der Waals surface area (Å²) in [6, 6.07) is 0. The van der Waals surface area contributed by atoms with E-state index >= 15 is 0 Å². The van der Waals surface area contributed by atoms with Gasteiger partial charge in [-0.25, -0.2) is 15.0 Å². The quantitative estimate of drug-likeness (QED) is 0.146. The van der Waals surface area contributed by atoms with Crippen LogP contribution in [0.5, 0.6) is 0 Å². The number of aliphatic hydroxyl groups is 2. The number of hydrogen-bond acceptors (Lipinski definition) is 9. The molecule has 1 saturated carbocycles. The molecule has 1 aliphatic carbocycles. The first-order chi connectivity index (χ1) is 23.9. The van der Waals surface area contributed by atoms with Crippen molar-refractivity contribution in [2.45, 2.75) is 84.9 Å². The number of aliphatic hydroxyl groups excluding tert-OH is 2. The van der Waals surface area contributed by atoms with E-state index in [1.54, 1.807) is 19.1 Å². The fourth-order valence-corrected chi connectivity index (χ4v) is 7.43. The van der Waals surface area contributed by atoms with Crippen LogP contribution in [0.2, 0.25) is 0 Å². The number of ketones is 1. The second-order valence-corrected chi connectivity index (χ2v) is 13.4. The first kappa shape index (κ1) is 36.1. The van der Waals surface area contributed by atoms with Gasteiger partial charge in [-0.15, -0.1) is 0 Å². The molecule has 14 heteroatoms. The van der Waals surface area contributed by atoms with Crippen molar-refractivity contribution >= 4 is 28.9 Å². The van der Waals surface area contributed by atoms with Gasteiger partial charge in [0.2, 0.25) is 0 Å². The average Bonchev–Trinajstić information content (AvgIpc) is 3.81. The van der Waals surface area contributed by atoms with Crippen LogP contribution in [-0.4, -0.2) is 64.4 Å². The van der Waals surface area contributed by atoms with E-state index in [0.717, 1.165) is 11.1 Å². The SMILES string of the molecule is CCC1=C(C)C2=CC3=NC(=C(C)/C3=C(/O)CC(O)C(F)(F)C(F)(F)F)C=C3NC(=C4CC(=O)C5=C(C)C(=CC1=N2)N=C45)[C@@H](CCC(=O)OC)[C@@H]3C. The van der Waals surface area contributed by atoms with Gasteiger partial charge in [0.15, 0.2) is 5.78 Å². The highest BCUT2D eigenvalue weighted by Gasteiger charge is 2.62. The lowest BCUT2D eigenvalue weighted by molar-refractivity contribution is -0.312. The van der Waals surface area contributed by atoms with Crippen LogP contribution in [0, 0.1) is 11.8 Å². The number of esters is 1. The predicted molar refractivity (Wildman–Crippen MR) is 180 cm³/mol. The van der Waals surface area contributed by atoms with Crippen molar-refractivity contribution in [2.24, 2.45) is 26.8 Å². The summed E-state index contributed by atoms with van der Waals surface area (Å²) in [6.07, 6.45) is -4.58. The molecule has 0 aromatic rings. The van der Waals surface area contributed by atoms with E-state index in [0.29, 0.717) is 63.8 Å². The third-order valence-corrected chi connectivity index (χ3v) is 10.4. The summed E-state index contributed by atoms with van der Waals surface area (Å²) in [5, 5.41) is 24.6. The lowest BCUT2D eigenvalue weighted by Crippen LogP contribution is -2.47. The van der Waals surface area contributed by atoms with E-state index < -0.39 is 36.4 Å². The highest BCUT2D eigenvalue weighted by Crippen LogP contribution is 2.46. The van der Waals surface area contributed by atoms with Gasteiger partial charge in [0, 0.05) is 59.2 Å². The normalized spacial score (nSPS) is 24.8. The van der Waals surface area contributed by atoms with E-state index in [2.05, 4.69) is 5.32 Å². The smallest absolute Gasteiger partial charge is 0.456 e. The number of rotatable bonds is 7. The number of allylic oxidation sites excluding steroid dienone is 12. The molecule has 270 valence electrons. The zero-order chi connectivity index (χ0) is 37.3. The van der Waals surface area contributed by atoms with Crippen LogP contribution in [-0.2, 0) is 14.3 Å². The van der Waals surface area contributed by atoms with Gasteiger partial charge in [-0.2, -0.15) is 22.0 Å². The van der Waals surface area contributed by atoms with E-state index in [9.17, 15) is 41.8 Å². The molecule has 0 spiro atoms. The second kappa shape index (κ2) is 12.8. The molecule has 3 atom stereocenters. The Balaban J connectivity index is 1.58. The van der Waals surface area contributed by atoms with Crippen molar-refractivity contribution < 1.29 is 46.5 Å². The Morgan fingerprint density at radius 2 is 1.69 bits per heavy atom. The first-order valence-electron chi connectivity index (χ1n) is 16.6. The number of methoxy groups -OCH3 is 1. The van der Waals surface area contributed by atoms with Crippen LogP contribution in [0.4, 0.5) is 22.0 Å². The monoisotopic (exact) mass is 712 g/mol. The van der Waals surface area contributed by atoms with Crippen molar-refractivity contribution in [1.82, 2.24) is 5.32 Å². The summed E-state index contributed by atoms with van der Waals surface area (Å²) >= 11 is 0. The molecule has 0 radical (unpaired) electrons. The molecule has 1 saturated heterocycles. The van der Waals surface area contributed by atoms with Gasteiger partial charge in [-0.05, 0) is 74.1 Å². The Labute approximate surface area is 290 Å². The van der Waals surface area contributed by atoms with Crippen LogP contribution >= 0.6 is 0 Å². The second-order valence-electron chi connectivity index (χ2n) is 13.4. The molecule has 0 amide bonds. The molecule has 8 bridgehead atoms. The average molecular weight is 713 g/mol. The lowest BCUT2D eigenvalue weighted by Gasteiger charge is -2.25. The summed E-state index contributed by atoms with van der Waals surface area (Å²) in [5.41, 5.74) is 7.48. The number of alkyl halides is 5. The van der Waals surface area contributed by atoms with Gasteiger partial charge in [0.1, 0.15) is 11.9 Å². The van der Waals surface area contributed by atoms with Crippen molar-refractivity contribution in [3.8, 4) is 0 Å². The van der Waals surface area contributed by atoms with Gasteiger partial charge in [-0.3, -0.25) is 9.59 Å². The van der Waals surface area contributed by atoms with Crippen molar-refractivity contribution in [3.63, 3.8) is 0 Å². The number of aliphatic imine (C=N–C) groups is 3. The zero-order valence-corrected chi connectivity index (χ0v) is 28.9. The number of hydrogen-bond donors (Lipinski definition) is 3. The molecule has 2 fully saturated rings. The number of carbonyl (C=O) groups is 2. The highest BCUT2D eigenvalue weighted by atomic mass is 19.4. The fraction of sp³-hybridized carbons (Fsp3) is 0.432. The largest absolute Gasteiger partial charge is 0.511 e. The summed E-state index contributed by atoms with van der Waals surface area (Å²) in [6.45, 7) is 9.07. The molecule has 9 nitrogen and oxygen atoms in total. The molecule has 3 N–H and O–H groups in total. The number of fused-ring (bicyclic) bond motifs is 5. The highest BCUT2D eigenvalue weighted by molar-refractivity contribution is 6.38. The zero-order valence-electron chi connectivity index (χ0n) is 28.9. The fourth-order valence-electron chi connectivity index (χ4n) is 7.43. The van der Waals surface area contributed by atoms with Crippen molar-refractivity contribution in [3.05, 3.63) is 91.5 Å². The molecule has 6 rings (SSSR count). The van der Waals surface area contributed by atoms with E-state index in [-0.39, 0.29) is 53.0 Å². The first-order valence-corrected chi connectivity index (χ1v) is 16.6. The molecule has 0 aromatic heterocycles. The van der Waals surface area contributed by atoms with E-state index in [4.69, 9.17) is 19.7 Å². The van der Waals surface area contributed by atoms with Gasteiger partial charge >= 0.3 is 18.1 Å². The third kappa shape index (κ3) is 5.96. The Morgan fingerprint density at radius 1 is 1.02 bits per heavy atom. The maximum absolute atomic E-state index is 14.1. The van der Waals surface area contributed by atoms with Crippen molar-refractivity contribution in [1.29, 1.82) is 0 Å². The predicted octanol–water partition coefficient (Wildman–Crippen LogP) is 7.13. The topological polar surface area (TPSA) is 133 Å². The summed E-state index contributed by atoms with van der Waals surface area (Å²) in [4.78, 5) is 40.2. The molecule has 5 heterocycles. The van der Waals surface area contributed by atoms with E-state index in [1.807, 2.05) is 27.7 Å². The number of Topliss-reactive ketones (excluding diaryl/α,β-unsaturated/α-hetero) is 1. The van der Waals surface area contributed by atoms with Gasteiger partial charge in [0.25, 0.3) is 0 Å². The van der Waals surface area contributed by atoms with Crippen LogP contribution < -0.4 is 5.32 Å². The Hall–Kier alpha value is -4.72. The van der Waals surface area contributed by atoms with Gasteiger partial charge in [-0.1, -0.05) is 13.8 Å². The minimum atomic E-state index is -6.04. The summed E-state index contributed by atoms with van der Waals surface area (Å²) in [5.74, 6) is -7.42. The maximum atomic E-state index is 14.1. The van der Waals surface area contributed by atoms with Gasteiger partial charge < -0.3 is 20.3 Å². The molecule has 6 aliphatic rings. The number of nitrogens with zero attached hydrogens (tertiary/aromatic N) is 3. The number of halogens is 5.